The molecule has 8 heteroatoms. The molecule has 0 spiro atoms. The Morgan fingerprint density at radius 3 is 2.68 bits per heavy atom. The van der Waals surface area contributed by atoms with E-state index in [0.717, 1.165) is 0 Å². The van der Waals surface area contributed by atoms with Gasteiger partial charge in [0.2, 0.25) is 5.82 Å². The fraction of sp³-hybridized carbons (Fsp3) is 0.636. The highest BCUT2D eigenvalue weighted by Crippen LogP contribution is 2.38. The van der Waals surface area contributed by atoms with Gasteiger partial charge in [-0.1, -0.05) is 0 Å². The minimum atomic E-state index is -0.878. The van der Waals surface area contributed by atoms with Gasteiger partial charge in [0.05, 0.1) is 10.3 Å². The lowest BCUT2D eigenvalue weighted by atomic mass is 9.90. The van der Waals surface area contributed by atoms with Gasteiger partial charge in [0, 0.05) is 20.1 Å². The van der Waals surface area contributed by atoms with E-state index in [2.05, 4.69) is 5.10 Å². The van der Waals surface area contributed by atoms with E-state index in [1.54, 1.807) is 25.8 Å². The average Bonchev–Trinajstić information content (AvgIpc) is 2.80. The van der Waals surface area contributed by atoms with Crippen molar-refractivity contribution in [2.24, 2.45) is 12.5 Å². The van der Waals surface area contributed by atoms with E-state index >= 15 is 0 Å². The molecule has 1 aromatic heterocycles. The van der Waals surface area contributed by atoms with Crippen molar-refractivity contribution in [2.45, 2.75) is 20.3 Å². The molecule has 2 rings (SSSR count). The van der Waals surface area contributed by atoms with Crippen molar-refractivity contribution in [1.82, 2.24) is 9.78 Å². The molecule has 1 saturated heterocycles. The van der Waals surface area contributed by atoms with Crippen molar-refractivity contribution in [3.63, 3.8) is 0 Å². The van der Waals surface area contributed by atoms with Gasteiger partial charge in [0.1, 0.15) is 5.69 Å². The first-order valence-corrected chi connectivity index (χ1v) is 5.92. The predicted molar refractivity (Wildman–Crippen MR) is 67.2 cm³/mol. The topological polar surface area (TPSA) is 102 Å². The third kappa shape index (κ3) is 2.02. The highest BCUT2D eigenvalue weighted by Gasteiger charge is 2.43. The second-order valence-electron chi connectivity index (χ2n) is 5.18. The molecular formula is C11H16N4O4. The van der Waals surface area contributed by atoms with Crippen LogP contribution in [0.4, 0.5) is 11.5 Å². The van der Waals surface area contributed by atoms with E-state index in [9.17, 15) is 20.0 Å². The third-order valence-corrected chi connectivity index (χ3v) is 3.63. The first-order valence-electron chi connectivity index (χ1n) is 5.92. The van der Waals surface area contributed by atoms with Crippen molar-refractivity contribution in [3.05, 3.63) is 15.8 Å². The van der Waals surface area contributed by atoms with Gasteiger partial charge in [0.25, 0.3) is 0 Å². The summed E-state index contributed by atoms with van der Waals surface area (Å²) >= 11 is 0. The normalized spacial score (nSPS) is 22.8. The molecule has 1 aliphatic rings. The number of aryl methyl sites for hydroxylation is 2. The fourth-order valence-corrected chi connectivity index (χ4v) is 2.52. The summed E-state index contributed by atoms with van der Waals surface area (Å²) in [6.07, 6.45) is 0.462. The van der Waals surface area contributed by atoms with E-state index in [1.165, 1.54) is 4.68 Å². The number of hydrogen-bond donors (Lipinski definition) is 1. The summed E-state index contributed by atoms with van der Waals surface area (Å²) in [5, 5.41) is 24.4. The lowest BCUT2D eigenvalue weighted by Crippen LogP contribution is -2.32. The first kappa shape index (κ1) is 13.3. The quantitative estimate of drug-likeness (QED) is 0.646. The van der Waals surface area contributed by atoms with E-state index in [4.69, 9.17) is 0 Å². The molecule has 2 heterocycles. The molecule has 1 N–H and O–H groups in total. The summed E-state index contributed by atoms with van der Waals surface area (Å²) in [6, 6.07) is 0. The van der Waals surface area contributed by atoms with E-state index in [-0.39, 0.29) is 12.2 Å². The van der Waals surface area contributed by atoms with Gasteiger partial charge < -0.3 is 10.0 Å². The van der Waals surface area contributed by atoms with Gasteiger partial charge >= 0.3 is 11.7 Å². The van der Waals surface area contributed by atoms with Crippen LogP contribution in [-0.4, -0.2) is 38.9 Å². The van der Waals surface area contributed by atoms with Crippen molar-refractivity contribution < 1.29 is 14.8 Å². The molecule has 0 bridgehead atoms. The molecule has 19 heavy (non-hydrogen) atoms. The number of aliphatic carboxylic acids is 1. The van der Waals surface area contributed by atoms with Crippen LogP contribution in [0, 0.1) is 22.5 Å². The van der Waals surface area contributed by atoms with Gasteiger partial charge in [-0.3, -0.25) is 14.9 Å². The number of carbonyl (C=O) groups is 1. The molecule has 1 unspecified atom stereocenters. The number of nitro groups is 1. The molecule has 0 radical (unpaired) electrons. The van der Waals surface area contributed by atoms with E-state index < -0.39 is 16.3 Å². The maximum Gasteiger partial charge on any atom is 0.333 e. The molecule has 1 aromatic rings. The van der Waals surface area contributed by atoms with Crippen LogP contribution in [-0.2, 0) is 11.8 Å². The molecule has 1 fully saturated rings. The van der Waals surface area contributed by atoms with Gasteiger partial charge in [-0.05, 0) is 20.3 Å². The van der Waals surface area contributed by atoms with Crippen LogP contribution in [0.2, 0.25) is 0 Å². The van der Waals surface area contributed by atoms with Crippen LogP contribution >= 0.6 is 0 Å². The first-order chi connectivity index (χ1) is 8.76. The Morgan fingerprint density at radius 2 is 2.21 bits per heavy atom. The summed E-state index contributed by atoms with van der Waals surface area (Å²) in [7, 11) is 1.63. The Morgan fingerprint density at radius 1 is 1.58 bits per heavy atom. The Hall–Kier alpha value is -2.12. The Balaban J connectivity index is 2.40. The summed E-state index contributed by atoms with van der Waals surface area (Å²) in [4.78, 5) is 23.6. The fourth-order valence-electron chi connectivity index (χ4n) is 2.52. The molecule has 0 saturated carbocycles. The molecule has 0 aliphatic carbocycles. The van der Waals surface area contributed by atoms with Crippen molar-refractivity contribution in [1.29, 1.82) is 0 Å². The summed E-state index contributed by atoms with van der Waals surface area (Å²) in [5.41, 5.74) is -0.574. The third-order valence-electron chi connectivity index (χ3n) is 3.63. The zero-order valence-corrected chi connectivity index (χ0v) is 11.1. The van der Waals surface area contributed by atoms with Crippen LogP contribution in [0.25, 0.3) is 0 Å². The second kappa shape index (κ2) is 4.22. The zero-order valence-electron chi connectivity index (χ0n) is 11.1. The minimum Gasteiger partial charge on any atom is -0.481 e. The molecule has 0 amide bonds. The average molecular weight is 268 g/mol. The van der Waals surface area contributed by atoms with Crippen LogP contribution in [0.3, 0.4) is 0 Å². The number of nitrogens with zero attached hydrogens (tertiary/aromatic N) is 4. The maximum atomic E-state index is 11.2. The van der Waals surface area contributed by atoms with Crippen LogP contribution < -0.4 is 4.90 Å². The Kier molecular flexibility index (Phi) is 2.95. The number of anilines is 1. The van der Waals surface area contributed by atoms with Crippen molar-refractivity contribution in [2.75, 3.05) is 18.0 Å². The molecule has 104 valence electrons. The van der Waals surface area contributed by atoms with E-state index in [0.29, 0.717) is 24.5 Å². The highest BCUT2D eigenvalue weighted by atomic mass is 16.6. The number of aromatic nitrogens is 2. The highest BCUT2D eigenvalue weighted by molar-refractivity contribution is 5.77. The van der Waals surface area contributed by atoms with Crippen LogP contribution in [0.5, 0.6) is 0 Å². The lowest BCUT2D eigenvalue weighted by Gasteiger charge is -2.20. The summed E-state index contributed by atoms with van der Waals surface area (Å²) in [6.45, 7) is 3.96. The van der Waals surface area contributed by atoms with Crippen molar-refractivity contribution in [3.8, 4) is 0 Å². The molecule has 8 nitrogen and oxygen atoms in total. The van der Waals surface area contributed by atoms with Gasteiger partial charge in [-0.25, -0.2) is 4.68 Å². The van der Waals surface area contributed by atoms with E-state index in [1.807, 2.05) is 0 Å². The Labute approximate surface area is 109 Å². The largest absolute Gasteiger partial charge is 0.481 e. The van der Waals surface area contributed by atoms with Crippen LogP contribution in [0.1, 0.15) is 19.0 Å². The molecular weight excluding hydrogens is 252 g/mol. The maximum absolute atomic E-state index is 11.2. The molecule has 1 atom stereocenters. The number of rotatable bonds is 3. The van der Waals surface area contributed by atoms with Crippen molar-refractivity contribution >= 4 is 17.5 Å². The standard InChI is InChI=1S/C11H16N4O4/c1-7-8(15(18)19)9(13(3)12-7)14-5-4-11(2,6-14)10(16)17/h4-6H2,1-3H3,(H,16,17). The van der Waals surface area contributed by atoms with Crippen LogP contribution in [0.15, 0.2) is 0 Å². The zero-order chi connectivity index (χ0) is 14.4. The SMILES string of the molecule is Cc1nn(C)c(N2CCC(C)(C(=O)O)C2)c1[N+](=O)[O-]. The summed E-state index contributed by atoms with van der Waals surface area (Å²) < 4.78 is 1.45. The predicted octanol–water partition coefficient (Wildman–Crippen LogP) is 0.938. The smallest absolute Gasteiger partial charge is 0.333 e. The lowest BCUT2D eigenvalue weighted by molar-refractivity contribution is -0.384. The van der Waals surface area contributed by atoms with Gasteiger partial charge in [0.15, 0.2) is 0 Å². The second-order valence-corrected chi connectivity index (χ2v) is 5.18. The summed E-state index contributed by atoms with van der Waals surface area (Å²) in [5.74, 6) is -0.496. The Bertz CT molecular complexity index is 553. The molecule has 1 aliphatic heterocycles. The number of carboxylic acid groups (broad SMARTS) is 1. The minimum absolute atomic E-state index is 0.0443. The molecule has 0 aromatic carbocycles. The van der Waals surface area contributed by atoms with Gasteiger partial charge in [-0.15, -0.1) is 0 Å². The number of hydrogen-bond acceptors (Lipinski definition) is 5. The number of carboxylic acids is 1. The van der Waals surface area contributed by atoms with Gasteiger partial charge in [-0.2, -0.15) is 5.10 Å². The monoisotopic (exact) mass is 268 g/mol.